The standard InChI is InChI=1S/C13H20FNO2/c1-9(2)17-13-8-11(14)10(5-4-6-15)7-12(13)16-3/h7-9H,4-6,15H2,1-3H3. The van der Waals surface area contributed by atoms with Crippen LogP contribution in [0.3, 0.4) is 0 Å². The van der Waals surface area contributed by atoms with E-state index in [1.165, 1.54) is 6.07 Å². The zero-order valence-electron chi connectivity index (χ0n) is 10.6. The molecule has 2 N–H and O–H groups in total. The molecule has 0 spiro atoms. The molecule has 0 aromatic heterocycles. The highest BCUT2D eigenvalue weighted by atomic mass is 19.1. The van der Waals surface area contributed by atoms with Gasteiger partial charge in [0, 0.05) is 6.07 Å². The predicted octanol–water partition coefficient (Wildman–Crippen LogP) is 2.51. The fourth-order valence-electron chi connectivity index (χ4n) is 1.57. The molecule has 4 heteroatoms. The third-order valence-electron chi connectivity index (χ3n) is 2.35. The monoisotopic (exact) mass is 241 g/mol. The summed E-state index contributed by atoms with van der Waals surface area (Å²) in [6, 6.07) is 3.06. The number of hydrogen-bond acceptors (Lipinski definition) is 3. The average molecular weight is 241 g/mol. The third-order valence-corrected chi connectivity index (χ3v) is 2.35. The van der Waals surface area contributed by atoms with E-state index in [1.807, 2.05) is 13.8 Å². The lowest BCUT2D eigenvalue weighted by Crippen LogP contribution is -2.08. The minimum Gasteiger partial charge on any atom is -0.493 e. The maximum absolute atomic E-state index is 13.8. The molecular weight excluding hydrogens is 221 g/mol. The Bertz CT molecular complexity index is 367. The van der Waals surface area contributed by atoms with E-state index in [0.717, 1.165) is 6.42 Å². The average Bonchev–Trinajstić information content (AvgIpc) is 2.27. The first-order valence-corrected chi connectivity index (χ1v) is 5.81. The molecule has 0 saturated carbocycles. The number of rotatable bonds is 6. The number of benzene rings is 1. The molecule has 0 heterocycles. The van der Waals surface area contributed by atoms with Gasteiger partial charge in [-0.15, -0.1) is 0 Å². The summed E-state index contributed by atoms with van der Waals surface area (Å²) in [5, 5.41) is 0. The van der Waals surface area contributed by atoms with Crippen molar-refractivity contribution in [1.82, 2.24) is 0 Å². The lowest BCUT2D eigenvalue weighted by atomic mass is 10.1. The zero-order chi connectivity index (χ0) is 12.8. The molecule has 96 valence electrons. The summed E-state index contributed by atoms with van der Waals surface area (Å²) in [5.74, 6) is 0.735. The lowest BCUT2D eigenvalue weighted by molar-refractivity contribution is 0.229. The summed E-state index contributed by atoms with van der Waals surface area (Å²) in [6.45, 7) is 4.32. The first-order chi connectivity index (χ1) is 8.08. The Morgan fingerprint density at radius 3 is 2.53 bits per heavy atom. The fraction of sp³-hybridized carbons (Fsp3) is 0.538. The minimum atomic E-state index is -0.269. The van der Waals surface area contributed by atoms with Gasteiger partial charge in [-0.1, -0.05) is 0 Å². The van der Waals surface area contributed by atoms with Crippen molar-refractivity contribution in [3.63, 3.8) is 0 Å². The van der Waals surface area contributed by atoms with E-state index in [0.29, 0.717) is 30.0 Å². The Labute approximate surface area is 102 Å². The highest BCUT2D eigenvalue weighted by Gasteiger charge is 2.12. The molecular formula is C13H20FNO2. The number of hydrogen-bond donors (Lipinski definition) is 1. The first kappa shape index (κ1) is 13.8. The number of halogens is 1. The first-order valence-electron chi connectivity index (χ1n) is 5.81. The summed E-state index contributed by atoms with van der Waals surface area (Å²) >= 11 is 0. The Hall–Kier alpha value is -1.29. The van der Waals surface area contributed by atoms with Gasteiger partial charge >= 0.3 is 0 Å². The van der Waals surface area contributed by atoms with Crippen LogP contribution >= 0.6 is 0 Å². The number of methoxy groups -OCH3 is 1. The van der Waals surface area contributed by atoms with Gasteiger partial charge in [-0.25, -0.2) is 4.39 Å². The van der Waals surface area contributed by atoms with Crippen molar-refractivity contribution in [1.29, 1.82) is 0 Å². The SMILES string of the molecule is COc1cc(CCCN)c(F)cc1OC(C)C. The molecule has 0 atom stereocenters. The van der Waals surface area contributed by atoms with Crippen LogP contribution in [0.1, 0.15) is 25.8 Å². The van der Waals surface area contributed by atoms with Crippen molar-refractivity contribution >= 4 is 0 Å². The van der Waals surface area contributed by atoms with Crippen molar-refractivity contribution in [2.24, 2.45) is 5.73 Å². The van der Waals surface area contributed by atoms with Crippen molar-refractivity contribution in [2.75, 3.05) is 13.7 Å². The minimum absolute atomic E-state index is 0.0156. The van der Waals surface area contributed by atoms with Gasteiger partial charge in [-0.05, 0) is 44.9 Å². The van der Waals surface area contributed by atoms with Crippen molar-refractivity contribution in [2.45, 2.75) is 32.8 Å². The van der Waals surface area contributed by atoms with Crippen molar-refractivity contribution < 1.29 is 13.9 Å². The Balaban J connectivity index is 2.97. The number of ether oxygens (including phenoxy) is 2. The van der Waals surface area contributed by atoms with E-state index < -0.39 is 0 Å². The van der Waals surface area contributed by atoms with E-state index in [4.69, 9.17) is 15.2 Å². The van der Waals surface area contributed by atoms with E-state index in [9.17, 15) is 4.39 Å². The second-order valence-electron chi connectivity index (χ2n) is 4.15. The summed E-state index contributed by atoms with van der Waals surface area (Å²) in [4.78, 5) is 0. The Kier molecular flexibility index (Phi) is 5.22. The van der Waals surface area contributed by atoms with Crippen LogP contribution in [0, 0.1) is 5.82 Å². The lowest BCUT2D eigenvalue weighted by Gasteiger charge is -2.15. The molecule has 0 bridgehead atoms. The molecule has 17 heavy (non-hydrogen) atoms. The van der Waals surface area contributed by atoms with Crippen LogP contribution in [0.25, 0.3) is 0 Å². The largest absolute Gasteiger partial charge is 0.493 e. The van der Waals surface area contributed by atoms with Gasteiger partial charge < -0.3 is 15.2 Å². The summed E-state index contributed by atoms with van der Waals surface area (Å²) in [6.07, 6.45) is 1.35. The molecule has 1 aromatic rings. The summed E-state index contributed by atoms with van der Waals surface area (Å²) in [5.41, 5.74) is 6.03. The van der Waals surface area contributed by atoms with Crippen molar-refractivity contribution in [3.8, 4) is 11.5 Å². The molecule has 0 aliphatic heterocycles. The summed E-state index contributed by atoms with van der Waals surface area (Å²) < 4.78 is 24.4. The van der Waals surface area contributed by atoms with Crippen LogP contribution in [0.15, 0.2) is 12.1 Å². The molecule has 0 aliphatic rings. The molecule has 3 nitrogen and oxygen atoms in total. The second-order valence-corrected chi connectivity index (χ2v) is 4.15. The maximum atomic E-state index is 13.8. The fourth-order valence-corrected chi connectivity index (χ4v) is 1.57. The van der Waals surface area contributed by atoms with Crippen LogP contribution in [0.4, 0.5) is 4.39 Å². The van der Waals surface area contributed by atoms with Crippen molar-refractivity contribution in [3.05, 3.63) is 23.5 Å². The smallest absolute Gasteiger partial charge is 0.164 e. The van der Waals surface area contributed by atoms with Gasteiger partial charge in [0.25, 0.3) is 0 Å². The molecule has 1 aromatic carbocycles. The highest BCUT2D eigenvalue weighted by Crippen LogP contribution is 2.31. The van der Waals surface area contributed by atoms with E-state index in [2.05, 4.69) is 0 Å². The normalized spacial score (nSPS) is 10.7. The number of aryl methyl sites for hydroxylation is 1. The van der Waals surface area contributed by atoms with E-state index in [-0.39, 0.29) is 11.9 Å². The van der Waals surface area contributed by atoms with E-state index >= 15 is 0 Å². The zero-order valence-corrected chi connectivity index (χ0v) is 10.6. The predicted molar refractivity (Wildman–Crippen MR) is 66.1 cm³/mol. The molecule has 0 amide bonds. The van der Waals surface area contributed by atoms with Crippen LogP contribution in [0.5, 0.6) is 11.5 Å². The van der Waals surface area contributed by atoms with E-state index in [1.54, 1.807) is 13.2 Å². The van der Waals surface area contributed by atoms with Gasteiger partial charge in [0.2, 0.25) is 0 Å². The number of nitrogens with two attached hydrogens (primary N) is 1. The Morgan fingerprint density at radius 2 is 2.00 bits per heavy atom. The van der Waals surface area contributed by atoms with Crippen LogP contribution in [-0.4, -0.2) is 19.8 Å². The van der Waals surface area contributed by atoms with Gasteiger partial charge in [-0.3, -0.25) is 0 Å². The second kappa shape index (κ2) is 6.45. The third kappa shape index (κ3) is 3.89. The van der Waals surface area contributed by atoms with Gasteiger partial charge in [0.05, 0.1) is 13.2 Å². The highest BCUT2D eigenvalue weighted by molar-refractivity contribution is 5.44. The maximum Gasteiger partial charge on any atom is 0.164 e. The van der Waals surface area contributed by atoms with Gasteiger partial charge in [0.1, 0.15) is 5.82 Å². The molecule has 0 fully saturated rings. The van der Waals surface area contributed by atoms with Gasteiger partial charge in [0.15, 0.2) is 11.5 Å². The molecule has 0 aliphatic carbocycles. The summed E-state index contributed by atoms with van der Waals surface area (Å²) in [7, 11) is 1.55. The van der Waals surface area contributed by atoms with Crippen LogP contribution < -0.4 is 15.2 Å². The quantitative estimate of drug-likeness (QED) is 0.832. The molecule has 0 unspecified atom stereocenters. The molecule has 0 radical (unpaired) electrons. The van der Waals surface area contributed by atoms with Gasteiger partial charge in [-0.2, -0.15) is 0 Å². The molecule has 1 rings (SSSR count). The Morgan fingerprint density at radius 1 is 1.29 bits per heavy atom. The van der Waals surface area contributed by atoms with Crippen LogP contribution in [-0.2, 0) is 6.42 Å². The molecule has 0 saturated heterocycles. The van der Waals surface area contributed by atoms with Crippen LogP contribution in [0.2, 0.25) is 0 Å². The topological polar surface area (TPSA) is 44.5 Å².